The molecule has 1 atom stereocenters. The van der Waals surface area contributed by atoms with Crippen molar-refractivity contribution in [3.8, 4) is 0 Å². The van der Waals surface area contributed by atoms with Crippen LogP contribution in [-0.4, -0.2) is 46.4 Å². The Morgan fingerprint density at radius 3 is 2.18 bits per heavy atom. The average molecular weight is 303 g/mol. The topological polar surface area (TPSA) is 49.6 Å². The van der Waals surface area contributed by atoms with Crippen LogP contribution in [0.3, 0.4) is 0 Å². The van der Waals surface area contributed by atoms with Gasteiger partial charge in [-0.2, -0.15) is 0 Å². The highest BCUT2D eigenvalue weighted by Gasteiger charge is 2.38. The number of amides is 1. The van der Waals surface area contributed by atoms with E-state index in [0.717, 1.165) is 13.1 Å². The predicted molar refractivity (Wildman–Crippen MR) is 90.5 cm³/mol. The van der Waals surface area contributed by atoms with E-state index in [2.05, 4.69) is 49.9 Å². The Kier molecular flexibility index (Phi) is 4.64. The lowest BCUT2D eigenvalue weighted by molar-refractivity contribution is -0.140. The highest BCUT2D eigenvalue weighted by molar-refractivity contribution is 5.85. The van der Waals surface area contributed by atoms with E-state index in [1.165, 1.54) is 5.56 Å². The van der Waals surface area contributed by atoms with Gasteiger partial charge in [-0.25, -0.2) is 0 Å². The maximum Gasteiger partial charge on any atom is 0.242 e. The quantitative estimate of drug-likeness (QED) is 0.913. The smallest absolute Gasteiger partial charge is 0.242 e. The SMILES string of the molecule is CC(C)(N)C(=O)N1CCN(C(C)(C)C)C(c2ccccc2)C1. The lowest BCUT2D eigenvalue weighted by atomic mass is 9.94. The van der Waals surface area contributed by atoms with E-state index in [0.29, 0.717) is 6.54 Å². The van der Waals surface area contributed by atoms with Crippen LogP contribution in [0.1, 0.15) is 46.2 Å². The van der Waals surface area contributed by atoms with E-state index in [-0.39, 0.29) is 17.5 Å². The normalized spacial score (nSPS) is 21.0. The molecular formula is C18H29N3O. The molecule has 0 aromatic heterocycles. The Balaban J connectivity index is 2.28. The fraction of sp³-hybridized carbons (Fsp3) is 0.611. The van der Waals surface area contributed by atoms with Crippen LogP contribution >= 0.6 is 0 Å². The summed E-state index contributed by atoms with van der Waals surface area (Å²) in [6.07, 6.45) is 0. The van der Waals surface area contributed by atoms with Gasteiger partial charge in [0.25, 0.3) is 0 Å². The summed E-state index contributed by atoms with van der Waals surface area (Å²) in [6.45, 7) is 12.5. The maximum atomic E-state index is 12.5. The molecule has 4 nitrogen and oxygen atoms in total. The monoisotopic (exact) mass is 303 g/mol. The van der Waals surface area contributed by atoms with E-state index in [1.54, 1.807) is 13.8 Å². The lowest BCUT2D eigenvalue weighted by Crippen LogP contribution is -2.60. The van der Waals surface area contributed by atoms with Crippen molar-refractivity contribution in [3.63, 3.8) is 0 Å². The molecule has 1 fully saturated rings. The number of carbonyl (C=O) groups excluding carboxylic acids is 1. The van der Waals surface area contributed by atoms with Gasteiger partial charge in [0.1, 0.15) is 0 Å². The fourth-order valence-electron chi connectivity index (χ4n) is 3.14. The molecule has 1 aliphatic heterocycles. The Hall–Kier alpha value is -1.39. The first kappa shape index (κ1) is 17.0. The summed E-state index contributed by atoms with van der Waals surface area (Å²) in [6, 6.07) is 10.6. The van der Waals surface area contributed by atoms with Crippen LogP contribution < -0.4 is 5.73 Å². The molecule has 22 heavy (non-hydrogen) atoms. The fourth-order valence-corrected chi connectivity index (χ4v) is 3.14. The molecule has 1 aromatic rings. The molecule has 1 amide bonds. The summed E-state index contributed by atoms with van der Waals surface area (Å²) in [5.41, 5.74) is 6.51. The van der Waals surface area contributed by atoms with Crippen LogP contribution in [0.25, 0.3) is 0 Å². The van der Waals surface area contributed by atoms with Gasteiger partial charge >= 0.3 is 0 Å². The molecule has 4 heteroatoms. The summed E-state index contributed by atoms with van der Waals surface area (Å²) in [4.78, 5) is 16.9. The molecule has 1 unspecified atom stereocenters. The second-order valence-corrected chi connectivity index (χ2v) is 7.76. The Labute approximate surface area is 134 Å². The van der Waals surface area contributed by atoms with E-state index in [1.807, 2.05) is 11.0 Å². The van der Waals surface area contributed by atoms with E-state index in [9.17, 15) is 4.79 Å². The minimum Gasteiger partial charge on any atom is -0.338 e. The van der Waals surface area contributed by atoms with Gasteiger partial charge in [-0.15, -0.1) is 0 Å². The zero-order valence-corrected chi connectivity index (χ0v) is 14.5. The number of nitrogens with two attached hydrogens (primary N) is 1. The lowest BCUT2D eigenvalue weighted by Gasteiger charge is -2.49. The van der Waals surface area contributed by atoms with Crippen LogP contribution in [0.5, 0.6) is 0 Å². The molecule has 0 saturated carbocycles. The van der Waals surface area contributed by atoms with E-state index < -0.39 is 5.54 Å². The number of rotatable bonds is 2. The van der Waals surface area contributed by atoms with Crippen molar-refractivity contribution in [2.24, 2.45) is 5.73 Å². The van der Waals surface area contributed by atoms with Gasteiger partial charge in [0, 0.05) is 25.2 Å². The van der Waals surface area contributed by atoms with Gasteiger partial charge in [-0.3, -0.25) is 9.69 Å². The van der Waals surface area contributed by atoms with E-state index >= 15 is 0 Å². The van der Waals surface area contributed by atoms with Crippen molar-refractivity contribution in [2.45, 2.75) is 51.7 Å². The maximum absolute atomic E-state index is 12.5. The zero-order valence-electron chi connectivity index (χ0n) is 14.5. The number of benzene rings is 1. The summed E-state index contributed by atoms with van der Waals surface area (Å²) in [5, 5.41) is 0. The minimum absolute atomic E-state index is 0.0296. The van der Waals surface area contributed by atoms with Crippen molar-refractivity contribution in [1.29, 1.82) is 0 Å². The predicted octanol–water partition coefficient (Wildman–Crippen LogP) is 2.41. The number of carbonyl (C=O) groups is 1. The van der Waals surface area contributed by atoms with Crippen molar-refractivity contribution < 1.29 is 4.79 Å². The second kappa shape index (κ2) is 6.01. The first-order valence-electron chi connectivity index (χ1n) is 8.00. The first-order chi connectivity index (χ1) is 10.1. The number of nitrogens with zero attached hydrogens (tertiary/aromatic N) is 2. The van der Waals surface area contributed by atoms with Gasteiger partial charge in [-0.05, 0) is 40.2 Å². The van der Waals surface area contributed by atoms with Gasteiger partial charge in [-0.1, -0.05) is 30.3 Å². The standard InChI is InChI=1S/C18H29N3O/c1-17(2,3)21-12-11-20(16(22)18(4,5)19)13-15(21)14-9-7-6-8-10-14/h6-10,15H,11-13,19H2,1-5H3. The molecule has 2 rings (SSSR count). The van der Waals surface area contributed by atoms with Crippen LogP contribution in [0.2, 0.25) is 0 Å². The summed E-state index contributed by atoms with van der Waals surface area (Å²) in [7, 11) is 0. The molecule has 2 N–H and O–H groups in total. The van der Waals surface area contributed by atoms with Gasteiger partial charge in [0.05, 0.1) is 11.6 Å². The summed E-state index contributed by atoms with van der Waals surface area (Å²) >= 11 is 0. The summed E-state index contributed by atoms with van der Waals surface area (Å²) in [5.74, 6) is 0.0296. The summed E-state index contributed by atoms with van der Waals surface area (Å²) < 4.78 is 0. The van der Waals surface area contributed by atoms with Crippen LogP contribution in [0, 0.1) is 0 Å². The highest BCUT2D eigenvalue weighted by atomic mass is 16.2. The zero-order chi connectivity index (χ0) is 16.5. The molecule has 1 heterocycles. The van der Waals surface area contributed by atoms with Gasteiger partial charge < -0.3 is 10.6 Å². The largest absolute Gasteiger partial charge is 0.338 e. The molecule has 0 aliphatic carbocycles. The Morgan fingerprint density at radius 2 is 1.68 bits per heavy atom. The van der Waals surface area contributed by atoms with Crippen LogP contribution in [0.15, 0.2) is 30.3 Å². The molecule has 1 aromatic carbocycles. The Morgan fingerprint density at radius 1 is 1.09 bits per heavy atom. The first-order valence-corrected chi connectivity index (χ1v) is 8.00. The minimum atomic E-state index is -0.814. The van der Waals surface area contributed by atoms with E-state index in [4.69, 9.17) is 5.73 Å². The van der Waals surface area contributed by atoms with Gasteiger partial charge in [0.15, 0.2) is 0 Å². The Bertz CT molecular complexity index is 513. The highest BCUT2D eigenvalue weighted by Crippen LogP contribution is 2.32. The molecule has 0 bridgehead atoms. The van der Waals surface area contributed by atoms with Crippen LogP contribution in [0.4, 0.5) is 0 Å². The molecule has 0 spiro atoms. The van der Waals surface area contributed by atoms with Crippen molar-refractivity contribution in [1.82, 2.24) is 9.80 Å². The second-order valence-electron chi connectivity index (χ2n) is 7.76. The van der Waals surface area contributed by atoms with Crippen LogP contribution in [-0.2, 0) is 4.79 Å². The van der Waals surface area contributed by atoms with Crippen molar-refractivity contribution in [3.05, 3.63) is 35.9 Å². The third kappa shape index (κ3) is 3.68. The van der Waals surface area contributed by atoms with Gasteiger partial charge in [0.2, 0.25) is 5.91 Å². The molecule has 1 saturated heterocycles. The van der Waals surface area contributed by atoms with Crippen molar-refractivity contribution in [2.75, 3.05) is 19.6 Å². The number of piperazine rings is 1. The molecule has 1 aliphatic rings. The van der Waals surface area contributed by atoms with Crippen molar-refractivity contribution >= 4 is 5.91 Å². The average Bonchev–Trinajstić information content (AvgIpc) is 2.45. The molecule has 122 valence electrons. The number of hydrogen-bond acceptors (Lipinski definition) is 3. The molecule has 0 radical (unpaired) electrons. The third-order valence-electron chi connectivity index (χ3n) is 4.26. The number of hydrogen-bond donors (Lipinski definition) is 1. The third-order valence-corrected chi connectivity index (χ3v) is 4.26. The molecular weight excluding hydrogens is 274 g/mol.